The molecule has 0 unspecified atom stereocenters. The van der Waals surface area contributed by atoms with Crippen LogP contribution in [0.15, 0.2) is 22.1 Å². The van der Waals surface area contributed by atoms with Gasteiger partial charge in [-0.05, 0) is 28.1 Å². The molecule has 2 heterocycles. The van der Waals surface area contributed by atoms with Gasteiger partial charge in [0.25, 0.3) is 0 Å². The fraction of sp³-hybridized carbons (Fsp3) is 0.200. The van der Waals surface area contributed by atoms with Crippen molar-refractivity contribution in [2.24, 2.45) is 0 Å². The largest absolute Gasteiger partial charge is 0.359 e. The van der Waals surface area contributed by atoms with Crippen molar-refractivity contribution in [3.05, 3.63) is 37.1 Å². The van der Waals surface area contributed by atoms with Crippen molar-refractivity contribution in [2.75, 3.05) is 17.7 Å². The fourth-order valence-corrected chi connectivity index (χ4v) is 2.80. The zero-order valence-corrected chi connectivity index (χ0v) is 12.3. The van der Waals surface area contributed by atoms with E-state index < -0.39 is 4.92 Å². The Morgan fingerprint density at radius 2 is 2.32 bits per heavy atom. The molecule has 0 saturated heterocycles. The number of anilines is 2. The third-order valence-corrected chi connectivity index (χ3v) is 3.87. The second kappa shape index (κ2) is 5.93. The molecule has 0 amide bonds. The van der Waals surface area contributed by atoms with E-state index in [1.54, 1.807) is 18.4 Å². The van der Waals surface area contributed by atoms with Crippen LogP contribution in [0.2, 0.25) is 0 Å². The quantitative estimate of drug-likeness (QED) is 0.640. The summed E-state index contributed by atoms with van der Waals surface area (Å²) in [4.78, 5) is 19.3. The Morgan fingerprint density at radius 1 is 1.53 bits per heavy atom. The lowest BCUT2D eigenvalue weighted by atomic mass is 10.4. The van der Waals surface area contributed by atoms with Gasteiger partial charge in [-0.3, -0.25) is 10.1 Å². The fourth-order valence-electron chi connectivity index (χ4n) is 1.38. The molecule has 0 atom stereocenters. The second-order valence-electron chi connectivity index (χ2n) is 3.49. The molecule has 0 aliphatic rings. The van der Waals surface area contributed by atoms with Gasteiger partial charge in [0.1, 0.15) is 6.20 Å². The molecule has 0 saturated carbocycles. The van der Waals surface area contributed by atoms with E-state index >= 15 is 0 Å². The standard InChI is InChI=1S/C10H10BrN5O2S/c1-12-10-14-5-7(16(17)18)9(15-10)13-4-6-2-3-8(11)19-6/h2-3,5H,4H2,1H3,(H2,12,13,14,15). The minimum absolute atomic E-state index is 0.144. The lowest BCUT2D eigenvalue weighted by molar-refractivity contribution is -0.384. The van der Waals surface area contributed by atoms with Crippen molar-refractivity contribution in [1.82, 2.24) is 9.97 Å². The lowest BCUT2D eigenvalue weighted by Gasteiger charge is -2.06. The number of thiophene rings is 1. The highest BCUT2D eigenvalue weighted by Gasteiger charge is 2.16. The molecule has 2 aromatic heterocycles. The first kappa shape index (κ1) is 13.7. The van der Waals surface area contributed by atoms with Crippen molar-refractivity contribution in [2.45, 2.75) is 6.54 Å². The van der Waals surface area contributed by atoms with Gasteiger partial charge in [-0.15, -0.1) is 11.3 Å². The van der Waals surface area contributed by atoms with Gasteiger partial charge in [-0.25, -0.2) is 4.98 Å². The summed E-state index contributed by atoms with van der Waals surface area (Å²) in [7, 11) is 1.65. The number of halogens is 1. The SMILES string of the molecule is CNc1ncc([N+](=O)[O-])c(NCc2ccc(Br)s2)n1. The van der Waals surface area contributed by atoms with Crippen LogP contribution in [0.3, 0.4) is 0 Å². The molecule has 2 aromatic rings. The summed E-state index contributed by atoms with van der Waals surface area (Å²) < 4.78 is 1.01. The molecular weight excluding hydrogens is 334 g/mol. The number of rotatable bonds is 5. The second-order valence-corrected chi connectivity index (χ2v) is 6.04. The van der Waals surface area contributed by atoms with E-state index in [0.717, 1.165) is 8.66 Å². The van der Waals surface area contributed by atoms with Gasteiger partial charge < -0.3 is 10.6 Å². The number of aromatic nitrogens is 2. The summed E-state index contributed by atoms with van der Waals surface area (Å²) in [6, 6.07) is 3.86. The molecule has 0 spiro atoms. The van der Waals surface area contributed by atoms with Crippen LogP contribution in [-0.4, -0.2) is 21.9 Å². The number of nitrogens with one attached hydrogen (secondary N) is 2. The molecule has 0 aliphatic heterocycles. The molecule has 0 aliphatic carbocycles. The van der Waals surface area contributed by atoms with E-state index in [-0.39, 0.29) is 11.5 Å². The Hall–Kier alpha value is -1.74. The van der Waals surface area contributed by atoms with Crippen LogP contribution in [0.1, 0.15) is 4.88 Å². The molecule has 2 rings (SSSR count). The minimum Gasteiger partial charge on any atom is -0.359 e. The summed E-state index contributed by atoms with van der Waals surface area (Å²) in [6.07, 6.45) is 1.19. The number of hydrogen-bond donors (Lipinski definition) is 2. The van der Waals surface area contributed by atoms with Crippen LogP contribution >= 0.6 is 27.3 Å². The summed E-state index contributed by atoms with van der Waals surface area (Å²) >= 11 is 4.92. The van der Waals surface area contributed by atoms with Crippen LogP contribution < -0.4 is 10.6 Å². The van der Waals surface area contributed by atoms with E-state index in [9.17, 15) is 10.1 Å². The zero-order chi connectivity index (χ0) is 13.8. The highest BCUT2D eigenvalue weighted by Crippen LogP contribution is 2.25. The summed E-state index contributed by atoms with van der Waals surface area (Å²) in [6.45, 7) is 0.470. The van der Waals surface area contributed by atoms with E-state index in [0.29, 0.717) is 12.5 Å². The molecule has 2 N–H and O–H groups in total. The molecule has 0 radical (unpaired) electrons. The molecule has 100 valence electrons. The lowest BCUT2D eigenvalue weighted by Crippen LogP contribution is -2.07. The van der Waals surface area contributed by atoms with Gasteiger partial charge in [0, 0.05) is 11.9 Å². The Kier molecular flexibility index (Phi) is 4.27. The van der Waals surface area contributed by atoms with Gasteiger partial charge in [0.2, 0.25) is 11.8 Å². The van der Waals surface area contributed by atoms with Gasteiger partial charge in [0.05, 0.1) is 15.3 Å². The van der Waals surface area contributed by atoms with Crippen molar-refractivity contribution in [3.63, 3.8) is 0 Å². The summed E-state index contributed by atoms with van der Waals surface area (Å²) in [5, 5.41) is 16.6. The molecule has 19 heavy (non-hydrogen) atoms. The first-order chi connectivity index (χ1) is 9.10. The summed E-state index contributed by atoms with van der Waals surface area (Å²) in [5.41, 5.74) is -0.144. The number of hydrogen-bond acceptors (Lipinski definition) is 7. The van der Waals surface area contributed by atoms with Crippen LogP contribution in [0.4, 0.5) is 17.5 Å². The Balaban J connectivity index is 2.19. The van der Waals surface area contributed by atoms with Gasteiger partial charge >= 0.3 is 5.69 Å². The Labute approximate surface area is 121 Å². The van der Waals surface area contributed by atoms with Crippen LogP contribution in [0, 0.1) is 10.1 Å². The maximum atomic E-state index is 10.9. The van der Waals surface area contributed by atoms with Crippen molar-refractivity contribution in [1.29, 1.82) is 0 Å². The van der Waals surface area contributed by atoms with E-state index in [1.165, 1.54) is 6.20 Å². The van der Waals surface area contributed by atoms with Gasteiger partial charge in [-0.2, -0.15) is 4.98 Å². The van der Waals surface area contributed by atoms with E-state index in [4.69, 9.17) is 0 Å². The number of nitrogens with zero attached hydrogens (tertiary/aromatic N) is 3. The maximum Gasteiger partial charge on any atom is 0.329 e. The normalized spacial score (nSPS) is 10.2. The predicted octanol–water partition coefficient (Wildman–Crippen LogP) is 2.86. The minimum atomic E-state index is -0.508. The molecule has 0 aromatic carbocycles. The monoisotopic (exact) mass is 343 g/mol. The van der Waals surface area contributed by atoms with Crippen LogP contribution in [0.25, 0.3) is 0 Å². The first-order valence-electron chi connectivity index (χ1n) is 5.27. The number of nitro groups is 1. The molecule has 9 heteroatoms. The topological polar surface area (TPSA) is 93.0 Å². The average molecular weight is 344 g/mol. The molecular formula is C10H10BrN5O2S. The smallest absolute Gasteiger partial charge is 0.329 e. The predicted molar refractivity (Wildman–Crippen MR) is 77.6 cm³/mol. The molecule has 0 bridgehead atoms. The molecule has 0 fully saturated rings. The van der Waals surface area contributed by atoms with Gasteiger partial charge in [0.15, 0.2) is 0 Å². The van der Waals surface area contributed by atoms with E-state index in [1.807, 2.05) is 12.1 Å². The zero-order valence-electron chi connectivity index (χ0n) is 9.88. The van der Waals surface area contributed by atoms with Crippen molar-refractivity contribution < 1.29 is 4.92 Å². The van der Waals surface area contributed by atoms with Crippen molar-refractivity contribution >= 4 is 44.7 Å². The van der Waals surface area contributed by atoms with Gasteiger partial charge in [-0.1, -0.05) is 0 Å². The maximum absolute atomic E-state index is 10.9. The van der Waals surface area contributed by atoms with E-state index in [2.05, 4.69) is 36.5 Å². The van der Waals surface area contributed by atoms with Crippen molar-refractivity contribution in [3.8, 4) is 0 Å². The van der Waals surface area contributed by atoms with Crippen LogP contribution in [-0.2, 0) is 6.54 Å². The average Bonchev–Trinajstić information content (AvgIpc) is 2.81. The summed E-state index contributed by atoms with van der Waals surface area (Å²) in [5.74, 6) is 0.536. The van der Waals surface area contributed by atoms with Crippen LogP contribution in [0.5, 0.6) is 0 Å². The first-order valence-corrected chi connectivity index (χ1v) is 6.88. The Morgan fingerprint density at radius 3 is 2.89 bits per heavy atom. The highest BCUT2D eigenvalue weighted by atomic mass is 79.9. The Bertz CT molecular complexity index is 603. The third kappa shape index (κ3) is 3.38. The third-order valence-electron chi connectivity index (χ3n) is 2.25. The molecule has 7 nitrogen and oxygen atoms in total. The highest BCUT2D eigenvalue weighted by molar-refractivity contribution is 9.11.